The van der Waals surface area contributed by atoms with Gasteiger partial charge in [-0.1, -0.05) is 29.8 Å². The summed E-state index contributed by atoms with van der Waals surface area (Å²) in [5, 5.41) is 4.52. The van der Waals surface area contributed by atoms with Crippen molar-refractivity contribution in [2.45, 2.75) is 25.9 Å². The quantitative estimate of drug-likeness (QED) is 0.717. The van der Waals surface area contributed by atoms with Crippen LogP contribution in [-0.2, 0) is 16.9 Å². The maximum Gasteiger partial charge on any atom is 0.325 e. The smallest absolute Gasteiger partial charge is 0.319 e. The number of aryl methyl sites for hydroxylation is 1. The van der Waals surface area contributed by atoms with E-state index in [1.54, 1.807) is 18.5 Å². The van der Waals surface area contributed by atoms with Crippen LogP contribution in [0.25, 0.3) is 4.96 Å². The highest BCUT2D eigenvalue weighted by Crippen LogP contribution is 2.29. The number of carbonyl (C=O) groups is 2. The molecule has 1 N–H and O–H groups in total. The Balaban J connectivity index is 1.66. The number of benzene rings is 1. The Kier molecular flexibility index (Phi) is 3.66. The number of thiazole rings is 1. The van der Waals surface area contributed by atoms with E-state index < -0.39 is 11.6 Å². The second kappa shape index (κ2) is 5.77. The van der Waals surface area contributed by atoms with Crippen molar-refractivity contribution in [3.05, 3.63) is 69.1 Å². The van der Waals surface area contributed by atoms with Crippen LogP contribution in [0.1, 0.15) is 23.7 Å². The van der Waals surface area contributed by atoms with Gasteiger partial charge in [-0.2, -0.15) is 0 Å². The Morgan fingerprint density at radius 3 is 2.65 bits per heavy atom. The third-order valence-electron chi connectivity index (χ3n) is 4.58. The monoisotopic (exact) mass is 368 g/mol. The molecule has 1 aliphatic rings. The minimum Gasteiger partial charge on any atom is -0.319 e. The van der Waals surface area contributed by atoms with Crippen molar-refractivity contribution in [3.8, 4) is 0 Å². The van der Waals surface area contributed by atoms with E-state index in [-0.39, 0.29) is 18.0 Å². The number of urea groups is 1. The molecule has 2 aromatic heterocycles. The van der Waals surface area contributed by atoms with Gasteiger partial charge in [0.25, 0.3) is 11.5 Å². The van der Waals surface area contributed by atoms with Gasteiger partial charge in [-0.25, -0.2) is 9.78 Å². The van der Waals surface area contributed by atoms with E-state index in [0.29, 0.717) is 16.2 Å². The Hall–Kier alpha value is -3.00. The summed E-state index contributed by atoms with van der Waals surface area (Å²) in [6.07, 6.45) is 1.64. The van der Waals surface area contributed by atoms with Gasteiger partial charge in [0.2, 0.25) is 0 Å². The molecule has 0 spiro atoms. The Bertz CT molecular complexity index is 1090. The number of hydrogen-bond acceptors (Lipinski definition) is 5. The molecule has 1 saturated heterocycles. The van der Waals surface area contributed by atoms with E-state index in [1.807, 2.05) is 31.2 Å². The van der Waals surface area contributed by atoms with Crippen LogP contribution in [0.2, 0.25) is 0 Å². The lowest BCUT2D eigenvalue weighted by Gasteiger charge is -2.22. The number of nitrogens with one attached hydrogen (secondary N) is 1. The lowest BCUT2D eigenvalue weighted by atomic mass is 9.91. The van der Waals surface area contributed by atoms with Crippen molar-refractivity contribution in [1.82, 2.24) is 19.6 Å². The number of aromatic nitrogens is 2. The summed E-state index contributed by atoms with van der Waals surface area (Å²) >= 11 is 1.32. The lowest BCUT2D eigenvalue weighted by molar-refractivity contribution is -0.131. The molecule has 1 unspecified atom stereocenters. The largest absolute Gasteiger partial charge is 0.325 e. The number of nitrogens with zero attached hydrogens (tertiary/aromatic N) is 3. The van der Waals surface area contributed by atoms with Gasteiger partial charge < -0.3 is 5.32 Å². The third kappa shape index (κ3) is 2.50. The highest BCUT2D eigenvalue weighted by atomic mass is 32.1. The second-order valence-electron chi connectivity index (χ2n) is 6.45. The predicted octanol–water partition coefficient (Wildman–Crippen LogP) is 2.03. The van der Waals surface area contributed by atoms with E-state index >= 15 is 0 Å². The fourth-order valence-electron chi connectivity index (χ4n) is 3.05. The lowest BCUT2D eigenvalue weighted by Crippen LogP contribution is -2.40. The summed E-state index contributed by atoms with van der Waals surface area (Å²) < 4.78 is 1.43. The van der Waals surface area contributed by atoms with Crippen LogP contribution in [0.5, 0.6) is 0 Å². The number of imide groups is 1. The molecule has 7 nitrogen and oxygen atoms in total. The van der Waals surface area contributed by atoms with Crippen molar-refractivity contribution in [2.75, 3.05) is 0 Å². The maximum absolute atomic E-state index is 13.0. The molecule has 1 aliphatic heterocycles. The zero-order chi connectivity index (χ0) is 18.5. The van der Waals surface area contributed by atoms with Gasteiger partial charge in [0, 0.05) is 17.6 Å². The number of amides is 3. The summed E-state index contributed by atoms with van der Waals surface area (Å²) in [5.74, 6) is -0.362. The third-order valence-corrected chi connectivity index (χ3v) is 5.34. The van der Waals surface area contributed by atoms with E-state index in [2.05, 4.69) is 10.3 Å². The molecule has 0 radical (unpaired) electrons. The van der Waals surface area contributed by atoms with Gasteiger partial charge in [0.05, 0.1) is 12.2 Å². The molecule has 26 heavy (non-hydrogen) atoms. The Labute approximate surface area is 152 Å². The van der Waals surface area contributed by atoms with Crippen LogP contribution < -0.4 is 10.9 Å². The van der Waals surface area contributed by atoms with Gasteiger partial charge in [0.1, 0.15) is 5.54 Å². The van der Waals surface area contributed by atoms with Crippen molar-refractivity contribution >= 4 is 28.2 Å². The number of fused-ring (bicyclic) bond motifs is 1. The number of carbonyl (C=O) groups excluding carboxylic acids is 2. The molecule has 1 fully saturated rings. The fourth-order valence-corrected chi connectivity index (χ4v) is 3.79. The van der Waals surface area contributed by atoms with Crippen LogP contribution in [-0.4, -0.2) is 26.2 Å². The van der Waals surface area contributed by atoms with E-state index in [9.17, 15) is 14.4 Å². The van der Waals surface area contributed by atoms with Crippen molar-refractivity contribution in [2.24, 2.45) is 0 Å². The molecule has 8 heteroatoms. The Morgan fingerprint density at radius 2 is 1.92 bits per heavy atom. The molecule has 3 heterocycles. The van der Waals surface area contributed by atoms with Crippen LogP contribution in [0.4, 0.5) is 4.79 Å². The second-order valence-corrected chi connectivity index (χ2v) is 7.33. The molecule has 1 atom stereocenters. The SMILES string of the molecule is Cc1ccc(C2(C)NC(=O)N(Cc3cc(=O)n4ccsc4n3)C2=O)cc1. The van der Waals surface area contributed by atoms with Gasteiger partial charge in [-0.15, -0.1) is 11.3 Å². The first-order valence-electron chi connectivity index (χ1n) is 8.05. The molecule has 0 saturated carbocycles. The molecular formula is C18H16N4O3S. The first-order valence-corrected chi connectivity index (χ1v) is 8.93. The van der Waals surface area contributed by atoms with Crippen LogP contribution in [0.3, 0.4) is 0 Å². The van der Waals surface area contributed by atoms with E-state index in [0.717, 1.165) is 10.5 Å². The van der Waals surface area contributed by atoms with Crippen LogP contribution >= 0.6 is 11.3 Å². The normalized spacial score (nSPS) is 20.0. The summed E-state index contributed by atoms with van der Waals surface area (Å²) in [5.41, 5.74) is 0.798. The summed E-state index contributed by atoms with van der Waals surface area (Å²) in [7, 11) is 0. The average Bonchev–Trinajstić information content (AvgIpc) is 3.15. The van der Waals surface area contributed by atoms with E-state index in [4.69, 9.17) is 0 Å². The number of rotatable bonds is 3. The molecule has 0 aliphatic carbocycles. The summed E-state index contributed by atoms with van der Waals surface area (Å²) in [6.45, 7) is 3.59. The summed E-state index contributed by atoms with van der Waals surface area (Å²) in [4.78, 5) is 43.5. The predicted molar refractivity (Wildman–Crippen MR) is 97.0 cm³/mol. The highest BCUT2D eigenvalue weighted by Gasteiger charge is 2.49. The zero-order valence-corrected chi connectivity index (χ0v) is 15.0. The first kappa shape index (κ1) is 16.5. The van der Waals surface area contributed by atoms with Gasteiger partial charge >= 0.3 is 6.03 Å². The van der Waals surface area contributed by atoms with Crippen molar-refractivity contribution in [1.29, 1.82) is 0 Å². The van der Waals surface area contributed by atoms with Crippen LogP contribution in [0, 0.1) is 6.92 Å². The van der Waals surface area contributed by atoms with E-state index in [1.165, 1.54) is 21.8 Å². The molecule has 0 bridgehead atoms. The van der Waals surface area contributed by atoms with Gasteiger partial charge in [0.15, 0.2) is 4.96 Å². The Morgan fingerprint density at radius 1 is 1.19 bits per heavy atom. The zero-order valence-electron chi connectivity index (χ0n) is 14.2. The first-order chi connectivity index (χ1) is 12.4. The molecule has 1 aromatic carbocycles. The molecule has 3 aromatic rings. The highest BCUT2D eigenvalue weighted by molar-refractivity contribution is 7.15. The minimum absolute atomic E-state index is 0.0459. The van der Waals surface area contributed by atoms with Gasteiger partial charge in [-0.3, -0.25) is 18.9 Å². The summed E-state index contributed by atoms with van der Waals surface area (Å²) in [6, 6.07) is 8.32. The van der Waals surface area contributed by atoms with Crippen LogP contribution in [0.15, 0.2) is 46.7 Å². The molecular weight excluding hydrogens is 352 g/mol. The fraction of sp³-hybridized carbons (Fsp3) is 0.222. The maximum atomic E-state index is 13.0. The topological polar surface area (TPSA) is 83.8 Å². The molecule has 3 amide bonds. The minimum atomic E-state index is -1.13. The van der Waals surface area contributed by atoms with Crippen molar-refractivity contribution < 1.29 is 9.59 Å². The number of hydrogen-bond donors (Lipinski definition) is 1. The van der Waals surface area contributed by atoms with Gasteiger partial charge in [-0.05, 0) is 19.4 Å². The molecule has 132 valence electrons. The molecule has 4 rings (SSSR count). The van der Waals surface area contributed by atoms with Crippen molar-refractivity contribution in [3.63, 3.8) is 0 Å². The average molecular weight is 368 g/mol. The standard InChI is InChI=1S/C18H16N4O3S/c1-11-3-5-12(6-4-11)18(2)15(24)22(16(25)20-18)10-13-9-14(23)21-7-8-26-17(21)19-13/h3-9H,10H2,1-2H3,(H,20,25).